The van der Waals surface area contributed by atoms with Crippen LogP contribution < -0.4 is 16.4 Å². The van der Waals surface area contributed by atoms with Crippen molar-refractivity contribution in [3.05, 3.63) is 53.6 Å². The predicted molar refractivity (Wildman–Crippen MR) is 107 cm³/mol. The molecule has 138 valence electrons. The van der Waals surface area contributed by atoms with E-state index in [2.05, 4.69) is 20.6 Å². The highest BCUT2D eigenvalue weighted by atomic mass is 35.5. The number of hydrogen-bond donors (Lipinski definition) is 3. The second kappa shape index (κ2) is 8.24. The third-order valence-electron chi connectivity index (χ3n) is 3.61. The van der Waals surface area contributed by atoms with E-state index in [-0.39, 0.29) is 0 Å². The Morgan fingerprint density at radius 3 is 2.56 bits per heavy atom. The average molecular weight is 402 g/mol. The molecule has 1 heterocycles. The molecular formula is C18H16ClN5O2S. The van der Waals surface area contributed by atoms with E-state index in [9.17, 15) is 9.59 Å². The van der Waals surface area contributed by atoms with Crippen molar-refractivity contribution in [2.24, 2.45) is 5.73 Å². The Labute approximate surface area is 164 Å². The van der Waals surface area contributed by atoms with Crippen LogP contribution in [-0.4, -0.2) is 27.2 Å². The van der Waals surface area contributed by atoms with Crippen molar-refractivity contribution in [1.82, 2.24) is 15.3 Å². The first-order chi connectivity index (χ1) is 12.9. The van der Waals surface area contributed by atoms with Crippen molar-refractivity contribution in [2.75, 3.05) is 5.32 Å². The average Bonchev–Trinajstić information content (AvgIpc) is 2.63. The lowest BCUT2D eigenvalue weighted by molar-refractivity contribution is -0.119. The van der Waals surface area contributed by atoms with Crippen molar-refractivity contribution in [3.63, 3.8) is 0 Å². The van der Waals surface area contributed by atoms with Crippen molar-refractivity contribution in [1.29, 1.82) is 0 Å². The molecule has 0 aliphatic rings. The first-order valence-corrected chi connectivity index (χ1v) is 9.25. The molecule has 0 bridgehead atoms. The molecule has 7 nitrogen and oxygen atoms in total. The molecule has 0 unspecified atom stereocenters. The summed E-state index contributed by atoms with van der Waals surface area (Å²) in [5, 5.41) is 6.43. The summed E-state index contributed by atoms with van der Waals surface area (Å²) in [6, 6.07) is 13.9. The number of halogens is 1. The quantitative estimate of drug-likeness (QED) is 0.444. The molecule has 1 atom stereocenters. The molecule has 3 aromatic rings. The molecule has 3 amide bonds. The van der Waals surface area contributed by atoms with Crippen LogP contribution in [0, 0.1) is 0 Å². The van der Waals surface area contributed by atoms with Gasteiger partial charge in [0, 0.05) is 5.39 Å². The minimum Gasteiger partial charge on any atom is -0.351 e. The molecule has 3 rings (SSSR count). The number of urea groups is 1. The summed E-state index contributed by atoms with van der Waals surface area (Å²) >= 11 is 7.35. The molecule has 0 saturated heterocycles. The number of anilines is 2. The molecule has 2 aromatic carbocycles. The Balaban J connectivity index is 1.94. The highest BCUT2D eigenvalue weighted by Crippen LogP contribution is 2.30. The highest BCUT2D eigenvalue weighted by Gasteiger charge is 2.19. The topological polar surface area (TPSA) is 110 Å². The fourth-order valence-corrected chi connectivity index (χ4v) is 3.29. The summed E-state index contributed by atoms with van der Waals surface area (Å²) in [5.41, 5.74) is 6.41. The van der Waals surface area contributed by atoms with E-state index >= 15 is 0 Å². The van der Waals surface area contributed by atoms with Gasteiger partial charge in [-0.2, -0.15) is 0 Å². The van der Waals surface area contributed by atoms with Crippen LogP contribution in [0.15, 0.2) is 53.7 Å². The molecule has 0 spiro atoms. The SMILES string of the molecule is C[C@@H](Sc1nc(Nc2ccccc2Cl)c2ccccc2n1)C(=O)NC(N)=O. The normalized spacial score (nSPS) is 11.8. The molecule has 0 radical (unpaired) electrons. The fourth-order valence-electron chi connectivity index (χ4n) is 2.33. The van der Waals surface area contributed by atoms with E-state index in [1.165, 1.54) is 0 Å². The highest BCUT2D eigenvalue weighted by molar-refractivity contribution is 8.00. The third kappa shape index (κ3) is 4.66. The van der Waals surface area contributed by atoms with Crippen molar-refractivity contribution in [2.45, 2.75) is 17.3 Å². The largest absolute Gasteiger partial charge is 0.351 e. The third-order valence-corrected chi connectivity index (χ3v) is 4.90. The minimum absolute atomic E-state index is 0.385. The summed E-state index contributed by atoms with van der Waals surface area (Å²) < 4.78 is 0. The maximum Gasteiger partial charge on any atom is 0.318 e. The van der Waals surface area contributed by atoms with Gasteiger partial charge in [-0.3, -0.25) is 10.1 Å². The monoisotopic (exact) mass is 401 g/mol. The van der Waals surface area contributed by atoms with Crippen LogP contribution in [0.25, 0.3) is 10.9 Å². The number of imide groups is 1. The van der Waals surface area contributed by atoms with Gasteiger partial charge in [0.15, 0.2) is 5.16 Å². The van der Waals surface area contributed by atoms with Crippen LogP contribution >= 0.6 is 23.4 Å². The number of para-hydroxylation sites is 2. The lowest BCUT2D eigenvalue weighted by Crippen LogP contribution is -2.39. The van der Waals surface area contributed by atoms with Gasteiger partial charge < -0.3 is 11.1 Å². The molecule has 0 aliphatic carbocycles. The standard InChI is InChI=1S/C18H16ClN5O2S/c1-10(16(25)24-17(20)26)27-18-22-13-8-4-2-6-11(13)15(23-18)21-14-9-5-3-7-12(14)19/h2-10H,1H3,(H,21,22,23)(H3,20,24,25,26)/t10-/m1/s1. The van der Waals surface area contributed by atoms with Crippen molar-refractivity contribution in [3.8, 4) is 0 Å². The Hall–Kier alpha value is -2.84. The fraction of sp³-hybridized carbons (Fsp3) is 0.111. The molecule has 9 heteroatoms. The van der Waals surface area contributed by atoms with Gasteiger partial charge in [0.05, 0.1) is 21.5 Å². The van der Waals surface area contributed by atoms with Crippen LogP contribution in [0.5, 0.6) is 0 Å². The summed E-state index contributed by atoms with van der Waals surface area (Å²) in [5.74, 6) is 0.0589. The number of thioether (sulfide) groups is 1. The van der Waals surface area contributed by atoms with Crippen LogP contribution in [0.4, 0.5) is 16.3 Å². The van der Waals surface area contributed by atoms with Crippen molar-refractivity contribution >= 4 is 57.7 Å². The molecule has 0 saturated carbocycles. The number of rotatable bonds is 5. The lowest BCUT2D eigenvalue weighted by atomic mass is 10.2. The Bertz CT molecular complexity index is 1010. The van der Waals surface area contributed by atoms with E-state index in [1.54, 1.807) is 13.0 Å². The summed E-state index contributed by atoms with van der Waals surface area (Å²) in [4.78, 5) is 31.8. The number of primary amides is 1. The Morgan fingerprint density at radius 2 is 1.81 bits per heavy atom. The number of fused-ring (bicyclic) bond motifs is 1. The first kappa shape index (κ1) is 18.9. The van der Waals surface area contributed by atoms with Crippen LogP contribution in [0.3, 0.4) is 0 Å². The maximum atomic E-state index is 11.9. The van der Waals surface area contributed by atoms with Crippen LogP contribution in [0.1, 0.15) is 6.92 Å². The van der Waals surface area contributed by atoms with Gasteiger partial charge in [-0.05, 0) is 31.2 Å². The summed E-state index contributed by atoms with van der Waals surface area (Å²) in [6.45, 7) is 1.64. The Kier molecular flexibility index (Phi) is 5.78. The molecule has 0 fully saturated rings. The number of nitrogens with one attached hydrogen (secondary N) is 2. The number of nitrogens with two attached hydrogens (primary N) is 1. The zero-order chi connectivity index (χ0) is 19.4. The number of benzene rings is 2. The molecule has 1 aromatic heterocycles. The Morgan fingerprint density at radius 1 is 1.11 bits per heavy atom. The maximum absolute atomic E-state index is 11.9. The smallest absolute Gasteiger partial charge is 0.318 e. The number of hydrogen-bond acceptors (Lipinski definition) is 6. The zero-order valence-electron chi connectivity index (χ0n) is 14.3. The van der Waals surface area contributed by atoms with Gasteiger partial charge in [-0.25, -0.2) is 14.8 Å². The van der Waals surface area contributed by atoms with Gasteiger partial charge in [-0.15, -0.1) is 0 Å². The molecular weight excluding hydrogens is 386 g/mol. The van der Waals surface area contributed by atoms with Gasteiger partial charge in [0.1, 0.15) is 5.82 Å². The predicted octanol–water partition coefficient (Wildman–Crippen LogP) is 3.70. The number of amides is 3. The number of carbonyl (C=O) groups excluding carboxylic acids is 2. The lowest BCUT2D eigenvalue weighted by Gasteiger charge is -2.13. The zero-order valence-corrected chi connectivity index (χ0v) is 15.8. The van der Waals surface area contributed by atoms with E-state index in [1.807, 2.05) is 42.5 Å². The van der Waals surface area contributed by atoms with E-state index < -0.39 is 17.2 Å². The molecule has 4 N–H and O–H groups in total. The number of nitrogens with zero attached hydrogens (tertiary/aromatic N) is 2. The van der Waals surface area contributed by atoms with Gasteiger partial charge in [-0.1, -0.05) is 47.6 Å². The van der Waals surface area contributed by atoms with Gasteiger partial charge in [0.25, 0.3) is 0 Å². The van der Waals surface area contributed by atoms with Crippen LogP contribution in [-0.2, 0) is 4.79 Å². The van der Waals surface area contributed by atoms with E-state index in [4.69, 9.17) is 17.3 Å². The van der Waals surface area contributed by atoms with E-state index in [0.29, 0.717) is 27.2 Å². The number of aromatic nitrogens is 2. The van der Waals surface area contributed by atoms with Crippen LogP contribution in [0.2, 0.25) is 5.02 Å². The second-order valence-corrected chi connectivity index (χ2v) is 7.31. The molecule has 0 aliphatic heterocycles. The summed E-state index contributed by atoms with van der Waals surface area (Å²) in [6.07, 6.45) is 0. The minimum atomic E-state index is -0.895. The van der Waals surface area contributed by atoms with Gasteiger partial charge >= 0.3 is 6.03 Å². The summed E-state index contributed by atoms with van der Waals surface area (Å²) in [7, 11) is 0. The van der Waals surface area contributed by atoms with E-state index in [0.717, 1.165) is 17.1 Å². The molecule has 27 heavy (non-hydrogen) atoms. The van der Waals surface area contributed by atoms with Gasteiger partial charge in [0.2, 0.25) is 5.91 Å². The van der Waals surface area contributed by atoms with Crippen molar-refractivity contribution < 1.29 is 9.59 Å². The number of carbonyl (C=O) groups is 2. The second-order valence-electron chi connectivity index (χ2n) is 5.59. The first-order valence-electron chi connectivity index (χ1n) is 7.99.